The van der Waals surface area contributed by atoms with Crippen LogP contribution in [0.15, 0.2) is 71.3 Å². The van der Waals surface area contributed by atoms with Crippen molar-refractivity contribution in [2.75, 3.05) is 10.6 Å². The van der Waals surface area contributed by atoms with E-state index < -0.39 is 11.0 Å². The molecule has 0 aliphatic carbocycles. The molecule has 2 aromatic carbocycles. The Labute approximate surface area is 180 Å². The summed E-state index contributed by atoms with van der Waals surface area (Å²) < 4.78 is 5.62. The first-order chi connectivity index (χ1) is 15.0. The molecule has 0 aliphatic heterocycles. The summed E-state index contributed by atoms with van der Waals surface area (Å²) in [7, 11) is 0. The van der Waals surface area contributed by atoms with Gasteiger partial charge >= 0.3 is 6.03 Å². The molecule has 4 aromatic rings. The zero-order valence-electron chi connectivity index (χ0n) is 15.7. The molecule has 0 fully saturated rings. The third-order valence-corrected chi connectivity index (χ3v) is 4.36. The normalized spacial score (nSPS) is 10.5. The van der Waals surface area contributed by atoms with Gasteiger partial charge in [0, 0.05) is 34.6 Å². The molecule has 0 atom stereocenters. The van der Waals surface area contributed by atoms with Gasteiger partial charge in [-0.2, -0.15) is 0 Å². The SMILES string of the molecule is O=C(Nc1ccc(Cl)cc1)Nc1ccc(-c2nnc(-c3ccc([N+](=O)[O-])cc3)o2)cn1. The summed E-state index contributed by atoms with van der Waals surface area (Å²) in [5.74, 6) is 0.762. The van der Waals surface area contributed by atoms with E-state index in [1.807, 2.05) is 0 Å². The first kappa shape index (κ1) is 20.0. The standard InChI is InChI=1S/C20H13ClN6O4/c21-14-4-6-15(7-5-14)23-20(28)24-17-10-3-13(11-22-17)19-26-25-18(31-19)12-1-8-16(9-2-12)27(29)30/h1-11H,(H2,22,23,24,28). The Morgan fingerprint density at radius 3 is 2.16 bits per heavy atom. The Morgan fingerprint density at radius 1 is 0.903 bits per heavy atom. The summed E-state index contributed by atoms with van der Waals surface area (Å²) in [4.78, 5) is 26.5. The Hall–Kier alpha value is -4.31. The van der Waals surface area contributed by atoms with Crippen LogP contribution in [0.1, 0.15) is 0 Å². The summed E-state index contributed by atoms with van der Waals surface area (Å²) in [6.45, 7) is 0. The van der Waals surface area contributed by atoms with Crippen LogP contribution in [0.5, 0.6) is 0 Å². The number of carbonyl (C=O) groups excluding carboxylic acids is 1. The number of halogens is 1. The summed E-state index contributed by atoms with van der Waals surface area (Å²) in [5.41, 5.74) is 1.65. The van der Waals surface area contributed by atoms with Crippen LogP contribution < -0.4 is 10.6 Å². The molecule has 0 aliphatic rings. The highest BCUT2D eigenvalue weighted by Crippen LogP contribution is 2.25. The van der Waals surface area contributed by atoms with Crippen LogP contribution in [-0.4, -0.2) is 26.1 Å². The second-order valence-corrected chi connectivity index (χ2v) is 6.67. The van der Waals surface area contributed by atoms with E-state index in [4.69, 9.17) is 16.0 Å². The van der Waals surface area contributed by atoms with Gasteiger partial charge in [-0.1, -0.05) is 11.6 Å². The lowest BCUT2D eigenvalue weighted by atomic mass is 10.2. The number of nitro groups is 1. The fraction of sp³-hybridized carbons (Fsp3) is 0. The number of rotatable bonds is 5. The van der Waals surface area contributed by atoms with E-state index in [-0.39, 0.29) is 17.5 Å². The van der Waals surface area contributed by atoms with Gasteiger partial charge in [-0.3, -0.25) is 15.4 Å². The number of nitro benzene ring substituents is 1. The van der Waals surface area contributed by atoms with Crippen molar-refractivity contribution in [3.05, 3.63) is 82.0 Å². The molecule has 154 valence electrons. The lowest BCUT2D eigenvalue weighted by molar-refractivity contribution is -0.384. The second kappa shape index (κ2) is 8.59. The molecule has 31 heavy (non-hydrogen) atoms. The number of urea groups is 1. The van der Waals surface area contributed by atoms with Gasteiger partial charge in [-0.05, 0) is 48.5 Å². The number of benzene rings is 2. The molecule has 2 heterocycles. The Kier molecular flexibility index (Phi) is 5.54. The lowest BCUT2D eigenvalue weighted by Crippen LogP contribution is -2.19. The Morgan fingerprint density at radius 2 is 1.55 bits per heavy atom. The van der Waals surface area contributed by atoms with Crippen LogP contribution >= 0.6 is 11.6 Å². The number of anilines is 2. The van der Waals surface area contributed by atoms with Crippen LogP contribution in [0.25, 0.3) is 22.9 Å². The first-order valence-electron chi connectivity index (χ1n) is 8.86. The predicted octanol–water partition coefficient (Wildman–Crippen LogP) is 5.00. The number of amides is 2. The van der Waals surface area contributed by atoms with E-state index in [0.717, 1.165) is 0 Å². The van der Waals surface area contributed by atoms with Gasteiger partial charge in [0.05, 0.1) is 10.5 Å². The number of non-ortho nitro benzene ring substituents is 1. The number of carbonyl (C=O) groups is 1. The van der Waals surface area contributed by atoms with Gasteiger partial charge in [0.25, 0.3) is 5.69 Å². The largest absolute Gasteiger partial charge is 0.416 e. The van der Waals surface area contributed by atoms with E-state index in [1.54, 1.807) is 36.4 Å². The fourth-order valence-corrected chi connectivity index (χ4v) is 2.71. The van der Waals surface area contributed by atoms with E-state index in [0.29, 0.717) is 27.7 Å². The van der Waals surface area contributed by atoms with Gasteiger partial charge in [-0.15, -0.1) is 10.2 Å². The second-order valence-electron chi connectivity index (χ2n) is 6.23. The van der Waals surface area contributed by atoms with Gasteiger partial charge < -0.3 is 9.73 Å². The van der Waals surface area contributed by atoms with Crippen LogP contribution in [-0.2, 0) is 0 Å². The highest BCUT2D eigenvalue weighted by atomic mass is 35.5. The third-order valence-electron chi connectivity index (χ3n) is 4.10. The van der Waals surface area contributed by atoms with Crippen LogP contribution in [0.4, 0.5) is 22.0 Å². The number of nitrogens with zero attached hydrogens (tertiary/aromatic N) is 4. The zero-order valence-corrected chi connectivity index (χ0v) is 16.4. The van der Waals surface area contributed by atoms with E-state index in [9.17, 15) is 14.9 Å². The molecule has 0 radical (unpaired) electrons. The summed E-state index contributed by atoms with van der Waals surface area (Å²) >= 11 is 5.82. The molecular formula is C20H13ClN6O4. The molecule has 0 saturated heterocycles. The monoisotopic (exact) mass is 436 g/mol. The minimum absolute atomic E-state index is 0.0316. The molecule has 0 bridgehead atoms. The highest BCUT2D eigenvalue weighted by molar-refractivity contribution is 6.30. The summed E-state index contributed by atoms with van der Waals surface area (Å²) in [5, 5.41) is 24.5. The number of hydrogen-bond donors (Lipinski definition) is 2. The van der Waals surface area contributed by atoms with Crippen molar-refractivity contribution in [3.8, 4) is 22.9 Å². The number of nitrogens with one attached hydrogen (secondary N) is 2. The summed E-state index contributed by atoms with van der Waals surface area (Å²) in [6.07, 6.45) is 1.48. The van der Waals surface area contributed by atoms with E-state index in [1.165, 1.54) is 30.5 Å². The minimum atomic E-state index is -0.486. The van der Waals surface area contributed by atoms with Crippen molar-refractivity contribution in [1.82, 2.24) is 15.2 Å². The van der Waals surface area contributed by atoms with Crippen molar-refractivity contribution in [2.24, 2.45) is 0 Å². The quantitative estimate of drug-likeness (QED) is 0.331. The van der Waals surface area contributed by atoms with Gasteiger partial charge in [0.15, 0.2) is 0 Å². The minimum Gasteiger partial charge on any atom is -0.416 e. The molecule has 0 spiro atoms. The molecule has 2 aromatic heterocycles. The van der Waals surface area contributed by atoms with Crippen molar-refractivity contribution in [1.29, 1.82) is 0 Å². The molecule has 2 amide bonds. The van der Waals surface area contributed by atoms with E-state index in [2.05, 4.69) is 25.8 Å². The first-order valence-corrected chi connectivity index (χ1v) is 9.24. The maximum atomic E-state index is 12.1. The van der Waals surface area contributed by atoms with E-state index >= 15 is 0 Å². The Balaban J connectivity index is 1.41. The topological polar surface area (TPSA) is 136 Å². The smallest absolute Gasteiger partial charge is 0.324 e. The molecule has 2 N–H and O–H groups in total. The molecule has 0 saturated carbocycles. The zero-order chi connectivity index (χ0) is 21.8. The maximum Gasteiger partial charge on any atom is 0.324 e. The van der Waals surface area contributed by atoms with Crippen LogP contribution in [0.3, 0.4) is 0 Å². The number of aromatic nitrogens is 3. The molecule has 0 unspecified atom stereocenters. The van der Waals surface area contributed by atoms with Crippen molar-refractivity contribution in [3.63, 3.8) is 0 Å². The Bertz CT molecular complexity index is 1220. The molecule has 10 nitrogen and oxygen atoms in total. The lowest BCUT2D eigenvalue weighted by Gasteiger charge is -2.07. The number of hydrogen-bond acceptors (Lipinski definition) is 7. The van der Waals surface area contributed by atoms with Crippen molar-refractivity contribution in [2.45, 2.75) is 0 Å². The highest BCUT2D eigenvalue weighted by Gasteiger charge is 2.13. The fourth-order valence-electron chi connectivity index (χ4n) is 2.59. The molecular weight excluding hydrogens is 424 g/mol. The molecule has 11 heteroatoms. The van der Waals surface area contributed by atoms with Gasteiger partial charge in [-0.25, -0.2) is 9.78 Å². The average Bonchev–Trinajstić information content (AvgIpc) is 3.26. The van der Waals surface area contributed by atoms with Crippen molar-refractivity contribution < 1.29 is 14.1 Å². The molecule has 4 rings (SSSR count). The van der Waals surface area contributed by atoms with Gasteiger partial charge in [0.2, 0.25) is 11.8 Å². The van der Waals surface area contributed by atoms with Crippen LogP contribution in [0, 0.1) is 10.1 Å². The van der Waals surface area contributed by atoms with Gasteiger partial charge in [0.1, 0.15) is 5.82 Å². The third kappa shape index (κ3) is 4.82. The number of pyridine rings is 1. The summed E-state index contributed by atoms with van der Waals surface area (Å²) in [6, 6.07) is 15.3. The predicted molar refractivity (Wildman–Crippen MR) is 114 cm³/mol. The van der Waals surface area contributed by atoms with Crippen LogP contribution in [0.2, 0.25) is 5.02 Å². The maximum absolute atomic E-state index is 12.1. The van der Waals surface area contributed by atoms with Crippen molar-refractivity contribution >= 4 is 34.8 Å². The average molecular weight is 437 g/mol.